The van der Waals surface area contributed by atoms with E-state index in [0.29, 0.717) is 13.0 Å². The molecule has 1 heterocycles. The summed E-state index contributed by atoms with van der Waals surface area (Å²) in [5, 5.41) is 6.74. The van der Waals surface area contributed by atoms with Crippen LogP contribution in [0.3, 0.4) is 0 Å². The monoisotopic (exact) mass is 392 g/mol. The number of benzene rings is 1. The zero-order valence-electron chi connectivity index (χ0n) is 14.9. The Labute approximate surface area is 160 Å². The van der Waals surface area contributed by atoms with Crippen molar-refractivity contribution in [3.63, 3.8) is 0 Å². The minimum atomic E-state index is -0.609. The number of hydrogen-bond donors (Lipinski definition) is 2. The topological polar surface area (TPSA) is 103 Å². The van der Waals surface area contributed by atoms with Crippen LogP contribution in [0.4, 0.5) is 4.79 Å². The SMILES string of the molecule is COC(=O)c1ccc(OCC(=O)NC(=O)NCCc2cccs2)c(OC)c1. The summed E-state index contributed by atoms with van der Waals surface area (Å²) < 4.78 is 15.1. The van der Waals surface area contributed by atoms with Crippen LogP contribution in [0.2, 0.25) is 0 Å². The first-order chi connectivity index (χ1) is 13.0. The normalized spacial score (nSPS) is 10.0. The van der Waals surface area contributed by atoms with Gasteiger partial charge in [0.15, 0.2) is 18.1 Å². The van der Waals surface area contributed by atoms with Crippen molar-refractivity contribution in [2.45, 2.75) is 6.42 Å². The van der Waals surface area contributed by atoms with E-state index in [4.69, 9.17) is 9.47 Å². The van der Waals surface area contributed by atoms with Crippen molar-refractivity contribution >= 4 is 29.2 Å². The predicted octanol–water partition coefficient (Wildman–Crippen LogP) is 1.99. The fourth-order valence-electron chi connectivity index (χ4n) is 2.14. The third-order valence-corrected chi connectivity index (χ3v) is 4.37. The van der Waals surface area contributed by atoms with Crippen molar-refractivity contribution in [3.05, 3.63) is 46.2 Å². The molecule has 8 nitrogen and oxygen atoms in total. The van der Waals surface area contributed by atoms with Gasteiger partial charge in [-0.05, 0) is 36.1 Å². The van der Waals surface area contributed by atoms with Gasteiger partial charge in [-0.2, -0.15) is 0 Å². The van der Waals surface area contributed by atoms with Crippen LogP contribution in [0, 0.1) is 0 Å². The average Bonchev–Trinajstić information content (AvgIpc) is 3.19. The number of hydrogen-bond acceptors (Lipinski definition) is 7. The maximum Gasteiger partial charge on any atom is 0.337 e. The number of imide groups is 1. The van der Waals surface area contributed by atoms with E-state index >= 15 is 0 Å². The van der Waals surface area contributed by atoms with Crippen LogP contribution < -0.4 is 20.1 Å². The lowest BCUT2D eigenvalue weighted by atomic mass is 10.2. The number of carbonyl (C=O) groups is 3. The Hall–Kier alpha value is -3.07. The summed E-state index contributed by atoms with van der Waals surface area (Å²) in [6, 6.07) is 7.73. The second-order valence-corrected chi connectivity index (χ2v) is 6.31. The van der Waals surface area contributed by atoms with Crippen LogP contribution in [-0.4, -0.2) is 45.3 Å². The Bertz CT molecular complexity index is 791. The molecule has 0 spiro atoms. The molecule has 0 fully saturated rings. The summed E-state index contributed by atoms with van der Waals surface area (Å²) >= 11 is 1.60. The second-order valence-electron chi connectivity index (χ2n) is 5.28. The maximum atomic E-state index is 11.8. The summed E-state index contributed by atoms with van der Waals surface area (Å²) in [7, 11) is 2.68. The Morgan fingerprint density at radius 3 is 2.59 bits per heavy atom. The van der Waals surface area contributed by atoms with E-state index in [9.17, 15) is 14.4 Å². The molecule has 0 atom stereocenters. The molecule has 1 aromatic carbocycles. The van der Waals surface area contributed by atoms with E-state index in [0.717, 1.165) is 4.88 Å². The smallest absolute Gasteiger partial charge is 0.337 e. The van der Waals surface area contributed by atoms with Crippen LogP contribution >= 0.6 is 11.3 Å². The predicted molar refractivity (Wildman–Crippen MR) is 99.4 cm³/mol. The van der Waals surface area contributed by atoms with Crippen molar-refractivity contribution in [1.82, 2.24) is 10.6 Å². The number of esters is 1. The molecule has 144 valence electrons. The second kappa shape index (κ2) is 10.2. The molecule has 0 saturated carbocycles. The minimum absolute atomic E-state index is 0.262. The summed E-state index contributed by atoms with van der Waals surface area (Å²) in [5.41, 5.74) is 0.288. The summed E-state index contributed by atoms with van der Waals surface area (Å²) in [5.74, 6) is -0.593. The summed E-state index contributed by atoms with van der Waals surface area (Å²) in [6.45, 7) is 0.0373. The molecular formula is C18H20N2O6S. The van der Waals surface area contributed by atoms with Gasteiger partial charge in [-0.3, -0.25) is 10.1 Å². The van der Waals surface area contributed by atoms with Crippen LogP contribution in [-0.2, 0) is 16.0 Å². The Kier molecular flexibility index (Phi) is 7.63. The molecule has 2 aromatic rings. The van der Waals surface area contributed by atoms with Gasteiger partial charge in [-0.15, -0.1) is 11.3 Å². The van der Waals surface area contributed by atoms with E-state index in [-0.39, 0.29) is 23.7 Å². The van der Waals surface area contributed by atoms with E-state index in [1.165, 1.54) is 32.4 Å². The molecular weight excluding hydrogens is 372 g/mol. The van der Waals surface area contributed by atoms with Crippen LogP contribution in [0.15, 0.2) is 35.7 Å². The molecule has 2 rings (SSSR count). The molecule has 0 unspecified atom stereocenters. The van der Waals surface area contributed by atoms with Gasteiger partial charge in [0.25, 0.3) is 5.91 Å². The lowest BCUT2D eigenvalue weighted by Crippen LogP contribution is -2.42. The molecule has 0 radical (unpaired) electrons. The van der Waals surface area contributed by atoms with Gasteiger partial charge in [0.1, 0.15) is 0 Å². The van der Waals surface area contributed by atoms with Crippen molar-refractivity contribution in [2.75, 3.05) is 27.4 Å². The highest BCUT2D eigenvalue weighted by atomic mass is 32.1. The number of ether oxygens (including phenoxy) is 3. The summed E-state index contributed by atoms with van der Waals surface area (Å²) in [4.78, 5) is 36.2. The zero-order valence-corrected chi connectivity index (χ0v) is 15.8. The van der Waals surface area contributed by atoms with Gasteiger partial charge >= 0.3 is 12.0 Å². The molecule has 3 amide bonds. The van der Waals surface area contributed by atoms with Crippen LogP contribution in [0.5, 0.6) is 11.5 Å². The number of amides is 3. The fourth-order valence-corrected chi connectivity index (χ4v) is 2.84. The Morgan fingerprint density at radius 2 is 1.93 bits per heavy atom. The standard InChI is InChI=1S/C18H20N2O6S/c1-24-15-10-12(17(22)25-2)5-6-14(15)26-11-16(21)20-18(23)19-8-7-13-4-3-9-27-13/h3-6,9-10H,7-8,11H2,1-2H3,(H2,19,20,21,23). The van der Waals surface area contributed by atoms with Crippen molar-refractivity contribution in [3.8, 4) is 11.5 Å². The number of nitrogens with one attached hydrogen (secondary N) is 2. The van der Waals surface area contributed by atoms with Crippen LogP contribution in [0.1, 0.15) is 15.2 Å². The molecule has 2 N–H and O–H groups in total. The lowest BCUT2D eigenvalue weighted by Gasteiger charge is -2.12. The number of urea groups is 1. The van der Waals surface area contributed by atoms with Gasteiger partial charge in [0.2, 0.25) is 0 Å². The minimum Gasteiger partial charge on any atom is -0.493 e. The van der Waals surface area contributed by atoms with E-state index in [1.54, 1.807) is 11.3 Å². The zero-order chi connectivity index (χ0) is 19.6. The van der Waals surface area contributed by atoms with E-state index in [2.05, 4.69) is 15.4 Å². The number of methoxy groups -OCH3 is 2. The molecule has 0 aliphatic rings. The first kappa shape index (κ1) is 20.2. The first-order valence-electron chi connectivity index (χ1n) is 8.02. The van der Waals surface area contributed by atoms with Crippen LogP contribution in [0.25, 0.3) is 0 Å². The third-order valence-electron chi connectivity index (χ3n) is 3.43. The van der Waals surface area contributed by atoms with Gasteiger partial charge in [-0.1, -0.05) is 6.07 Å². The van der Waals surface area contributed by atoms with Gasteiger partial charge in [0.05, 0.1) is 19.8 Å². The Balaban J connectivity index is 1.78. The largest absolute Gasteiger partial charge is 0.493 e. The van der Waals surface area contributed by atoms with Crippen molar-refractivity contribution < 1.29 is 28.6 Å². The highest BCUT2D eigenvalue weighted by Gasteiger charge is 2.13. The van der Waals surface area contributed by atoms with Gasteiger partial charge in [-0.25, -0.2) is 9.59 Å². The molecule has 1 aromatic heterocycles. The molecule has 27 heavy (non-hydrogen) atoms. The number of thiophene rings is 1. The quantitative estimate of drug-likeness (QED) is 0.666. The molecule has 9 heteroatoms. The van der Waals surface area contributed by atoms with Gasteiger partial charge in [0, 0.05) is 11.4 Å². The average molecular weight is 392 g/mol. The molecule has 0 saturated heterocycles. The van der Waals surface area contributed by atoms with Crippen molar-refractivity contribution in [2.24, 2.45) is 0 Å². The Morgan fingerprint density at radius 1 is 1.11 bits per heavy atom. The fraction of sp³-hybridized carbons (Fsp3) is 0.278. The lowest BCUT2D eigenvalue weighted by molar-refractivity contribution is -0.122. The number of rotatable bonds is 8. The molecule has 0 aliphatic heterocycles. The van der Waals surface area contributed by atoms with Crippen molar-refractivity contribution in [1.29, 1.82) is 0 Å². The first-order valence-corrected chi connectivity index (χ1v) is 8.90. The van der Waals surface area contributed by atoms with Gasteiger partial charge < -0.3 is 19.5 Å². The highest BCUT2D eigenvalue weighted by molar-refractivity contribution is 7.09. The van der Waals surface area contributed by atoms with E-state index in [1.807, 2.05) is 17.5 Å². The third kappa shape index (κ3) is 6.30. The molecule has 0 bridgehead atoms. The number of carbonyl (C=O) groups excluding carboxylic acids is 3. The van der Waals surface area contributed by atoms with E-state index < -0.39 is 17.9 Å². The summed E-state index contributed by atoms with van der Waals surface area (Å²) in [6.07, 6.45) is 0.694. The maximum absolute atomic E-state index is 11.8. The molecule has 0 aliphatic carbocycles. The highest BCUT2D eigenvalue weighted by Crippen LogP contribution is 2.28.